The lowest BCUT2D eigenvalue weighted by atomic mass is 10.1. The smallest absolute Gasteiger partial charge is 0.404 e. The van der Waals surface area contributed by atoms with E-state index in [9.17, 15) is 13.2 Å². The van der Waals surface area contributed by atoms with Crippen LogP contribution in [0.3, 0.4) is 0 Å². The predicted molar refractivity (Wildman–Crippen MR) is 57.6 cm³/mol. The summed E-state index contributed by atoms with van der Waals surface area (Å²) in [5, 5.41) is 8.94. The third-order valence-corrected chi connectivity index (χ3v) is 2.63. The highest BCUT2D eigenvalue weighted by Gasteiger charge is 2.33. The predicted octanol–water partition coefficient (Wildman–Crippen LogP) is 3.25. The zero-order valence-corrected chi connectivity index (χ0v) is 10.4. The molecule has 1 rings (SSSR count). The second kappa shape index (κ2) is 5.36. The first-order chi connectivity index (χ1) is 7.89. The van der Waals surface area contributed by atoms with Gasteiger partial charge in [0.15, 0.2) is 5.75 Å². The summed E-state index contributed by atoms with van der Waals surface area (Å²) in [7, 11) is 0. The highest BCUT2D eigenvalue weighted by Crippen LogP contribution is 2.31. The second-order valence-electron chi connectivity index (χ2n) is 3.19. The number of aryl methyl sites for hydroxylation is 1. The van der Waals surface area contributed by atoms with Gasteiger partial charge in [-0.1, -0.05) is 15.9 Å². The van der Waals surface area contributed by atoms with Gasteiger partial charge in [0, 0.05) is 17.1 Å². The van der Waals surface area contributed by atoms with Crippen molar-refractivity contribution >= 4 is 15.9 Å². The first-order valence-corrected chi connectivity index (χ1v) is 5.67. The highest BCUT2D eigenvalue weighted by molar-refractivity contribution is 9.08. The fourth-order valence-corrected chi connectivity index (χ4v) is 1.80. The number of halogens is 4. The van der Waals surface area contributed by atoms with Crippen LogP contribution in [0.4, 0.5) is 13.2 Å². The molecule has 0 aliphatic rings. The van der Waals surface area contributed by atoms with Crippen molar-refractivity contribution in [2.24, 2.45) is 0 Å². The van der Waals surface area contributed by atoms with Gasteiger partial charge in [0.05, 0.1) is 18.2 Å². The van der Waals surface area contributed by atoms with Crippen molar-refractivity contribution in [2.45, 2.75) is 25.0 Å². The number of nitriles is 1. The zero-order valence-electron chi connectivity index (χ0n) is 8.81. The van der Waals surface area contributed by atoms with Gasteiger partial charge in [-0.2, -0.15) is 5.26 Å². The number of hydrogen-bond acceptors (Lipinski definition) is 3. The van der Waals surface area contributed by atoms with Crippen LogP contribution >= 0.6 is 15.9 Å². The lowest BCUT2D eigenvalue weighted by molar-refractivity contribution is -0.275. The van der Waals surface area contributed by atoms with E-state index in [4.69, 9.17) is 5.26 Å². The van der Waals surface area contributed by atoms with Gasteiger partial charge in [0.1, 0.15) is 0 Å². The summed E-state index contributed by atoms with van der Waals surface area (Å²) in [6.45, 7) is 1.40. The minimum absolute atomic E-state index is 0.109. The van der Waals surface area contributed by atoms with Crippen molar-refractivity contribution in [3.8, 4) is 11.8 Å². The Kier molecular flexibility index (Phi) is 4.34. The SMILES string of the molecule is Cc1ncc(CBr)c(CC#N)c1OC(F)(F)F. The van der Waals surface area contributed by atoms with E-state index in [-0.39, 0.29) is 23.4 Å². The monoisotopic (exact) mass is 308 g/mol. The molecule has 1 heterocycles. The van der Waals surface area contributed by atoms with Gasteiger partial charge in [0.25, 0.3) is 0 Å². The Balaban J connectivity index is 3.29. The van der Waals surface area contributed by atoms with E-state index >= 15 is 0 Å². The Morgan fingerprint density at radius 2 is 2.18 bits per heavy atom. The second-order valence-corrected chi connectivity index (χ2v) is 3.75. The summed E-state index contributed by atoms with van der Waals surface area (Å²) in [6, 6.07) is 1.82. The van der Waals surface area contributed by atoms with Gasteiger partial charge in [-0.15, -0.1) is 13.2 Å². The Labute approximate surface area is 104 Å². The Bertz CT molecular complexity index is 454. The Morgan fingerprint density at radius 1 is 1.53 bits per heavy atom. The molecule has 0 atom stereocenters. The molecule has 7 heteroatoms. The molecule has 0 radical (unpaired) electrons. The van der Waals surface area contributed by atoms with E-state index in [0.29, 0.717) is 10.9 Å². The van der Waals surface area contributed by atoms with E-state index in [2.05, 4.69) is 25.7 Å². The van der Waals surface area contributed by atoms with Crippen LogP contribution in [0.1, 0.15) is 16.8 Å². The maximum Gasteiger partial charge on any atom is 0.573 e. The van der Waals surface area contributed by atoms with E-state index < -0.39 is 6.36 Å². The van der Waals surface area contributed by atoms with E-state index in [1.54, 1.807) is 0 Å². The Hall–Kier alpha value is -1.29. The lowest BCUT2D eigenvalue weighted by Gasteiger charge is -2.15. The van der Waals surface area contributed by atoms with Crippen LogP contribution in [-0.2, 0) is 11.8 Å². The molecule has 0 saturated heterocycles. The molecule has 0 bridgehead atoms. The topological polar surface area (TPSA) is 45.9 Å². The average molecular weight is 309 g/mol. The van der Waals surface area contributed by atoms with Crippen LogP contribution in [0.5, 0.6) is 5.75 Å². The summed E-state index contributed by atoms with van der Waals surface area (Å²) >= 11 is 3.13. The number of nitrogens with zero attached hydrogens (tertiary/aromatic N) is 2. The third-order valence-electron chi connectivity index (χ3n) is 2.02. The number of hydrogen-bond donors (Lipinski definition) is 0. The van der Waals surface area contributed by atoms with Crippen molar-refractivity contribution in [3.63, 3.8) is 0 Å². The molecule has 0 aliphatic carbocycles. The fraction of sp³-hybridized carbons (Fsp3) is 0.400. The zero-order chi connectivity index (χ0) is 13.1. The molecule has 0 amide bonds. The summed E-state index contributed by atoms with van der Waals surface area (Å²) in [5.74, 6) is -0.379. The van der Waals surface area contributed by atoms with E-state index in [1.807, 2.05) is 6.07 Å². The molecule has 0 aliphatic heterocycles. The molecule has 17 heavy (non-hydrogen) atoms. The summed E-state index contributed by atoms with van der Waals surface area (Å²) < 4.78 is 40.6. The molecule has 0 saturated carbocycles. The Morgan fingerprint density at radius 3 is 2.65 bits per heavy atom. The summed E-state index contributed by atoms with van der Waals surface area (Å²) in [6.07, 6.45) is -3.52. The van der Waals surface area contributed by atoms with Gasteiger partial charge in [-0.3, -0.25) is 4.98 Å². The molecule has 3 nitrogen and oxygen atoms in total. The summed E-state index contributed by atoms with van der Waals surface area (Å²) in [4.78, 5) is 3.81. The largest absolute Gasteiger partial charge is 0.573 e. The number of ether oxygens (including phenoxy) is 1. The molecule has 0 N–H and O–H groups in total. The first kappa shape index (κ1) is 13.8. The molecular weight excluding hydrogens is 301 g/mol. The molecule has 92 valence electrons. The number of pyridine rings is 1. The maximum absolute atomic E-state index is 12.2. The van der Waals surface area contributed by atoms with E-state index in [0.717, 1.165) is 0 Å². The molecule has 0 spiro atoms. The van der Waals surface area contributed by atoms with Gasteiger partial charge < -0.3 is 4.74 Å². The minimum atomic E-state index is -4.79. The maximum atomic E-state index is 12.2. The van der Waals surface area contributed by atoms with Crippen LogP contribution in [0.15, 0.2) is 6.20 Å². The van der Waals surface area contributed by atoms with Gasteiger partial charge in [0.2, 0.25) is 0 Å². The molecule has 0 fully saturated rings. The van der Waals surface area contributed by atoms with Gasteiger partial charge >= 0.3 is 6.36 Å². The fourth-order valence-electron chi connectivity index (χ4n) is 1.31. The van der Waals surface area contributed by atoms with Crippen molar-refractivity contribution < 1.29 is 17.9 Å². The van der Waals surface area contributed by atoms with Crippen LogP contribution in [0.2, 0.25) is 0 Å². The molecule has 1 aromatic heterocycles. The quantitative estimate of drug-likeness (QED) is 0.805. The summed E-state index contributed by atoms with van der Waals surface area (Å²) in [5.41, 5.74) is 0.836. The first-order valence-electron chi connectivity index (χ1n) is 4.55. The van der Waals surface area contributed by atoms with Crippen molar-refractivity contribution in [3.05, 3.63) is 23.0 Å². The minimum Gasteiger partial charge on any atom is -0.404 e. The van der Waals surface area contributed by atoms with Crippen molar-refractivity contribution in [2.75, 3.05) is 0 Å². The van der Waals surface area contributed by atoms with Crippen LogP contribution in [0, 0.1) is 18.3 Å². The number of aromatic nitrogens is 1. The standard InChI is InChI=1S/C10H8BrF3N2O/c1-6-9(17-10(12,13)14)8(2-3-15)7(4-11)5-16-6/h5H,2,4H2,1H3. The molecule has 1 aromatic rings. The highest BCUT2D eigenvalue weighted by atomic mass is 79.9. The third kappa shape index (κ3) is 3.60. The average Bonchev–Trinajstić information content (AvgIpc) is 2.22. The normalized spacial score (nSPS) is 11.1. The van der Waals surface area contributed by atoms with E-state index in [1.165, 1.54) is 13.1 Å². The van der Waals surface area contributed by atoms with Gasteiger partial charge in [-0.05, 0) is 12.5 Å². The van der Waals surface area contributed by atoms with Crippen molar-refractivity contribution in [1.29, 1.82) is 5.26 Å². The van der Waals surface area contributed by atoms with Crippen LogP contribution in [-0.4, -0.2) is 11.3 Å². The number of rotatable bonds is 3. The van der Waals surface area contributed by atoms with Crippen LogP contribution < -0.4 is 4.74 Å². The van der Waals surface area contributed by atoms with Crippen LogP contribution in [0.25, 0.3) is 0 Å². The molecule has 0 aromatic carbocycles. The van der Waals surface area contributed by atoms with Crippen molar-refractivity contribution in [1.82, 2.24) is 4.98 Å². The molecular formula is C10H8BrF3N2O. The molecule has 0 unspecified atom stereocenters. The number of alkyl halides is 4. The lowest BCUT2D eigenvalue weighted by Crippen LogP contribution is -2.19. The van der Waals surface area contributed by atoms with Gasteiger partial charge in [-0.25, -0.2) is 0 Å².